The maximum Gasteiger partial charge on any atom is 0.291 e. The Kier molecular flexibility index (Phi) is 3.82. The second-order valence-electron chi connectivity index (χ2n) is 4.20. The average Bonchev–Trinajstić information content (AvgIpc) is 2.20. The summed E-state index contributed by atoms with van der Waals surface area (Å²) in [7, 11) is 0. The van der Waals surface area contributed by atoms with Gasteiger partial charge in [-0.25, -0.2) is 0 Å². The zero-order valence-electron chi connectivity index (χ0n) is 10.1. The molecule has 0 bridgehead atoms. The number of hydrogen-bond donors (Lipinski definition) is 1. The average molecular weight is 219 g/mol. The molecule has 0 aliphatic heterocycles. The monoisotopic (exact) mass is 219 g/mol. The molecule has 0 atom stereocenters. The predicted octanol–water partition coefficient (Wildman–Crippen LogP) is 2.65. The van der Waals surface area contributed by atoms with Crippen molar-refractivity contribution in [3.05, 3.63) is 29.3 Å². The maximum atomic E-state index is 11.4. The van der Waals surface area contributed by atoms with Gasteiger partial charge in [-0.05, 0) is 24.0 Å². The van der Waals surface area contributed by atoms with E-state index in [0.717, 1.165) is 16.8 Å². The lowest BCUT2D eigenvalue weighted by Crippen LogP contribution is -2.21. The molecule has 16 heavy (non-hydrogen) atoms. The lowest BCUT2D eigenvalue weighted by molar-refractivity contribution is -0.133. The van der Waals surface area contributed by atoms with Gasteiger partial charge >= 0.3 is 0 Å². The minimum atomic E-state index is -0.559. The molecular weight excluding hydrogens is 202 g/mol. The minimum Gasteiger partial charge on any atom is -0.319 e. The zero-order chi connectivity index (χ0) is 12.3. The first-order valence-electron chi connectivity index (χ1n) is 5.35. The van der Waals surface area contributed by atoms with E-state index in [1.165, 1.54) is 6.92 Å². The van der Waals surface area contributed by atoms with Gasteiger partial charge in [-0.2, -0.15) is 0 Å². The summed E-state index contributed by atoms with van der Waals surface area (Å²) in [5, 5.41) is 2.67. The third-order valence-electron chi connectivity index (χ3n) is 2.49. The number of carbonyl (C=O) groups excluding carboxylic acids is 2. The minimum absolute atomic E-state index is 0.308. The van der Waals surface area contributed by atoms with Gasteiger partial charge in [-0.3, -0.25) is 9.59 Å². The number of ketones is 1. The van der Waals surface area contributed by atoms with E-state index in [0.29, 0.717) is 5.92 Å². The fourth-order valence-electron chi connectivity index (χ4n) is 1.54. The summed E-state index contributed by atoms with van der Waals surface area (Å²) in [6, 6.07) is 5.84. The Hall–Kier alpha value is -1.64. The van der Waals surface area contributed by atoms with Crippen molar-refractivity contribution in [1.29, 1.82) is 0 Å². The highest BCUT2D eigenvalue weighted by Gasteiger charge is 2.14. The van der Waals surface area contributed by atoms with Crippen molar-refractivity contribution >= 4 is 17.4 Å². The van der Waals surface area contributed by atoms with E-state index in [2.05, 4.69) is 19.2 Å². The van der Waals surface area contributed by atoms with Gasteiger partial charge in [-0.1, -0.05) is 32.0 Å². The van der Waals surface area contributed by atoms with E-state index in [4.69, 9.17) is 0 Å². The first kappa shape index (κ1) is 12.4. The van der Waals surface area contributed by atoms with Crippen LogP contribution in [0.25, 0.3) is 0 Å². The fourth-order valence-corrected chi connectivity index (χ4v) is 1.54. The molecular formula is C13H17NO2. The Balaban J connectivity index is 3.11. The van der Waals surface area contributed by atoms with E-state index in [-0.39, 0.29) is 0 Å². The van der Waals surface area contributed by atoms with Crippen molar-refractivity contribution in [2.45, 2.75) is 33.6 Å². The summed E-state index contributed by atoms with van der Waals surface area (Å²) in [5.74, 6) is -0.726. The van der Waals surface area contributed by atoms with Gasteiger partial charge in [0.1, 0.15) is 0 Å². The number of anilines is 1. The number of para-hydroxylation sites is 1. The zero-order valence-corrected chi connectivity index (χ0v) is 10.1. The van der Waals surface area contributed by atoms with Gasteiger partial charge in [-0.15, -0.1) is 0 Å². The molecule has 1 amide bonds. The molecule has 0 spiro atoms. The van der Waals surface area contributed by atoms with Crippen molar-refractivity contribution in [3.63, 3.8) is 0 Å². The van der Waals surface area contributed by atoms with Crippen LogP contribution >= 0.6 is 0 Å². The molecule has 86 valence electrons. The van der Waals surface area contributed by atoms with Crippen molar-refractivity contribution in [1.82, 2.24) is 0 Å². The highest BCUT2D eigenvalue weighted by Crippen LogP contribution is 2.27. The number of rotatable bonds is 3. The molecule has 0 saturated carbocycles. The van der Waals surface area contributed by atoms with Crippen LogP contribution in [-0.4, -0.2) is 11.7 Å². The van der Waals surface area contributed by atoms with E-state index in [1.807, 2.05) is 25.1 Å². The first-order valence-corrected chi connectivity index (χ1v) is 5.35. The SMILES string of the molecule is CC(=O)C(=O)Nc1c(C)cccc1C(C)C. The van der Waals surface area contributed by atoms with Gasteiger partial charge in [0.15, 0.2) is 0 Å². The second-order valence-corrected chi connectivity index (χ2v) is 4.20. The van der Waals surface area contributed by atoms with Gasteiger partial charge < -0.3 is 5.32 Å². The molecule has 0 aromatic heterocycles. The predicted molar refractivity (Wildman–Crippen MR) is 64.6 cm³/mol. The summed E-state index contributed by atoms with van der Waals surface area (Å²) in [5.41, 5.74) is 2.79. The molecule has 0 aliphatic carbocycles. The lowest BCUT2D eigenvalue weighted by Gasteiger charge is -2.15. The van der Waals surface area contributed by atoms with Crippen LogP contribution in [0.4, 0.5) is 5.69 Å². The number of benzene rings is 1. The van der Waals surface area contributed by atoms with Crippen molar-refractivity contribution in [3.8, 4) is 0 Å². The number of Topliss-reactive ketones (excluding diaryl/α,β-unsaturated/α-hetero) is 1. The van der Waals surface area contributed by atoms with E-state index < -0.39 is 11.7 Å². The summed E-state index contributed by atoms with van der Waals surface area (Å²) < 4.78 is 0. The summed E-state index contributed by atoms with van der Waals surface area (Å²) in [4.78, 5) is 22.3. The second kappa shape index (κ2) is 4.92. The van der Waals surface area contributed by atoms with Gasteiger partial charge in [0.25, 0.3) is 5.91 Å². The molecule has 0 unspecified atom stereocenters. The Morgan fingerprint density at radius 3 is 2.38 bits per heavy atom. The Labute approximate surface area is 95.9 Å². The van der Waals surface area contributed by atoms with Crippen LogP contribution in [0.1, 0.15) is 37.8 Å². The fraction of sp³-hybridized carbons (Fsp3) is 0.385. The number of amides is 1. The Morgan fingerprint density at radius 2 is 1.88 bits per heavy atom. The first-order chi connectivity index (χ1) is 7.43. The third-order valence-corrected chi connectivity index (χ3v) is 2.49. The molecule has 0 heterocycles. The molecule has 0 aliphatic rings. The van der Waals surface area contributed by atoms with Crippen LogP contribution in [0.15, 0.2) is 18.2 Å². The van der Waals surface area contributed by atoms with E-state index in [9.17, 15) is 9.59 Å². The standard InChI is InChI=1S/C13H17NO2/c1-8(2)11-7-5-6-9(3)12(11)14-13(16)10(4)15/h5-8H,1-4H3,(H,14,16). The van der Waals surface area contributed by atoms with Gasteiger partial charge in [0, 0.05) is 12.6 Å². The lowest BCUT2D eigenvalue weighted by atomic mass is 9.98. The summed E-state index contributed by atoms with van der Waals surface area (Å²) in [6.45, 7) is 7.29. The number of carbonyl (C=O) groups is 2. The highest BCUT2D eigenvalue weighted by atomic mass is 16.2. The highest BCUT2D eigenvalue weighted by molar-refractivity contribution is 6.39. The molecule has 0 saturated heterocycles. The van der Waals surface area contributed by atoms with Crippen LogP contribution in [0.3, 0.4) is 0 Å². The molecule has 1 aromatic rings. The Bertz CT molecular complexity index is 422. The van der Waals surface area contributed by atoms with Gasteiger partial charge in [0.2, 0.25) is 5.78 Å². The smallest absolute Gasteiger partial charge is 0.291 e. The Morgan fingerprint density at radius 1 is 1.25 bits per heavy atom. The van der Waals surface area contributed by atoms with Crippen LogP contribution in [0.2, 0.25) is 0 Å². The van der Waals surface area contributed by atoms with E-state index in [1.54, 1.807) is 0 Å². The van der Waals surface area contributed by atoms with Crippen LogP contribution < -0.4 is 5.32 Å². The third kappa shape index (κ3) is 2.69. The molecule has 0 radical (unpaired) electrons. The van der Waals surface area contributed by atoms with Crippen molar-refractivity contribution in [2.24, 2.45) is 0 Å². The molecule has 1 rings (SSSR count). The normalized spacial score (nSPS) is 10.3. The van der Waals surface area contributed by atoms with Crippen molar-refractivity contribution < 1.29 is 9.59 Å². The topological polar surface area (TPSA) is 46.2 Å². The molecule has 0 fully saturated rings. The number of aryl methyl sites for hydroxylation is 1. The number of hydrogen-bond acceptors (Lipinski definition) is 2. The maximum absolute atomic E-state index is 11.4. The van der Waals surface area contributed by atoms with Crippen LogP contribution in [0, 0.1) is 6.92 Å². The van der Waals surface area contributed by atoms with Gasteiger partial charge in [0.05, 0.1) is 0 Å². The van der Waals surface area contributed by atoms with Crippen LogP contribution in [0.5, 0.6) is 0 Å². The quantitative estimate of drug-likeness (QED) is 0.794. The van der Waals surface area contributed by atoms with Crippen LogP contribution in [-0.2, 0) is 9.59 Å². The van der Waals surface area contributed by atoms with E-state index >= 15 is 0 Å². The molecule has 3 nitrogen and oxygen atoms in total. The van der Waals surface area contributed by atoms with Crippen molar-refractivity contribution in [2.75, 3.05) is 5.32 Å². The summed E-state index contributed by atoms with van der Waals surface area (Å²) in [6.07, 6.45) is 0. The largest absolute Gasteiger partial charge is 0.319 e. The summed E-state index contributed by atoms with van der Waals surface area (Å²) >= 11 is 0. The molecule has 1 aromatic carbocycles. The molecule has 1 N–H and O–H groups in total. The number of nitrogens with one attached hydrogen (secondary N) is 1. The molecule has 3 heteroatoms.